The molecule has 0 spiro atoms. The molecule has 0 aliphatic carbocycles. The average molecular weight is 328 g/mol. The van der Waals surface area contributed by atoms with Gasteiger partial charge in [0, 0.05) is 19.1 Å². The molecule has 22 heavy (non-hydrogen) atoms. The molecule has 3 rings (SSSR count). The van der Waals surface area contributed by atoms with Crippen molar-refractivity contribution < 1.29 is 14.3 Å². The Hall–Kier alpha value is -1.50. The zero-order chi connectivity index (χ0) is 15.0. The van der Waals surface area contributed by atoms with E-state index < -0.39 is 5.91 Å². The largest absolute Gasteiger partial charge is 0.455 e. The first-order valence-electron chi connectivity index (χ1n) is 7.29. The third-order valence-corrected chi connectivity index (χ3v) is 3.91. The molecule has 122 valence electrons. The minimum Gasteiger partial charge on any atom is -0.455 e. The zero-order valence-electron chi connectivity index (χ0n) is 12.8. The third-order valence-electron chi connectivity index (χ3n) is 3.91. The van der Waals surface area contributed by atoms with E-state index in [-0.39, 0.29) is 24.8 Å². The molecule has 2 N–H and O–H groups in total. The van der Waals surface area contributed by atoms with Gasteiger partial charge in [-0.05, 0) is 26.0 Å². The fourth-order valence-corrected chi connectivity index (χ4v) is 2.93. The van der Waals surface area contributed by atoms with Gasteiger partial charge in [-0.15, -0.1) is 12.4 Å². The first-order valence-corrected chi connectivity index (χ1v) is 7.29. The van der Waals surface area contributed by atoms with Crippen molar-refractivity contribution in [3.63, 3.8) is 0 Å². The van der Waals surface area contributed by atoms with Gasteiger partial charge in [0.05, 0.1) is 24.5 Å². The lowest BCUT2D eigenvalue weighted by atomic mass is 10.1. The van der Waals surface area contributed by atoms with E-state index in [1.54, 1.807) is 12.1 Å². The van der Waals surface area contributed by atoms with Crippen molar-refractivity contribution in [2.45, 2.75) is 26.2 Å². The number of primary amides is 1. The van der Waals surface area contributed by atoms with Crippen molar-refractivity contribution in [2.75, 3.05) is 31.2 Å². The van der Waals surface area contributed by atoms with Crippen LogP contribution in [0.25, 0.3) is 0 Å². The second-order valence-corrected chi connectivity index (χ2v) is 5.61. The van der Waals surface area contributed by atoms with Crippen molar-refractivity contribution in [2.24, 2.45) is 5.73 Å². The molecule has 2 aliphatic rings. The smallest absolute Gasteiger partial charge is 0.250 e. The monoisotopic (exact) mass is 327 g/mol. The quantitative estimate of drug-likeness (QED) is 0.909. The summed E-state index contributed by atoms with van der Waals surface area (Å²) in [6.07, 6.45) is -0.204. The van der Waals surface area contributed by atoms with Gasteiger partial charge in [0.2, 0.25) is 6.35 Å². The summed E-state index contributed by atoms with van der Waals surface area (Å²) < 4.78 is 11.5. The molecule has 1 aromatic rings. The molecule has 6 nitrogen and oxygen atoms in total. The standard InChI is InChI=1S/C15H21N3O3.ClH/c1-10(2)18-13-11(14(16)19)4-3-5-12(13)21-15(18)17-6-8-20-9-7-17;/h3-5,10,15H,6-9H2,1-2H3,(H2,16,19);1H. The van der Waals surface area contributed by atoms with Crippen molar-refractivity contribution in [3.05, 3.63) is 23.8 Å². The number of morpholine rings is 1. The van der Waals surface area contributed by atoms with Gasteiger partial charge in [0.15, 0.2) is 0 Å². The highest BCUT2D eigenvalue weighted by Crippen LogP contribution is 2.42. The van der Waals surface area contributed by atoms with E-state index in [0.717, 1.165) is 24.5 Å². The van der Waals surface area contributed by atoms with Crippen LogP contribution in [0.3, 0.4) is 0 Å². The number of para-hydroxylation sites is 1. The molecule has 7 heteroatoms. The maximum Gasteiger partial charge on any atom is 0.250 e. The molecular weight excluding hydrogens is 306 g/mol. The SMILES string of the molecule is CC(C)N1c2c(cccc2C(N)=O)OC1N1CCOCC1.Cl. The number of fused-ring (bicyclic) bond motifs is 1. The zero-order valence-corrected chi connectivity index (χ0v) is 13.6. The highest BCUT2D eigenvalue weighted by Gasteiger charge is 2.39. The predicted molar refractivity (Wildman–Crippen MR) is 86.6 cm³/mol. The number of carbonyl (C=O) groups is 1. The molecule has 1 unspecified atom stereocenters. The molecule has 0 aromatic heterocycles. The van der Waals surface area contributed by atoms with Crippen LogP contribution < -0.4 is 15.4 Å². The first-order chi connectivity index (χ1) is 10.1. The van der Waals surface area contributed by atoms with Gasteiger partial charge < -0.3 is 20.1 Å². The van der Waals surface area contributed by atoms with Crippen LogP contribution in [-0.4, -0.2) is 49.5 Å². The van der Waals surface area contributed by atoms with Crippen molar-refractivity contribution in [3.8, 4) is 5.75 Å². The van der Waals surface area contributed by atoms with E-state index in [2.05, 4.69) is 23.6 Å². The molecule has 1 saturated heterocycles. The van der Waals surface area contributed by atoms with Gasteiger partial charge >= 0.3 is 0 Å². The van der Waals surface area contributed by atoms with Gasteiger partial charge in [0.1, 0.15) is 5.75 Å². The normalized spacial score (nSPS) is 21.2. The summed E-state index contributed by atoms with van der Waals surface area (Å²) in [6.45, 7) is 7.20. The van der Waals surface area contributed by atoms with Crippen molar-refractivity contribution in [1.29, 1.82) is 0 Å². The van der Waals surface area contributed by atoms with E-state index in [0.29, 0.717) is 18.8 Å². The Labute approximate surface area is 136 Å². The van der Waals surface area contributed by atoms with E-state index in [4.69, 9.17) is 15.2 Å². The van der Waals surface area contributed by atoms with Crippen LogP contribution in [0, 0.1) is 0 Å². The molecule has 2 aliphatic heterocycles. The number of hydrogen-bond donors (Lipinski definition) is 1. The highest BCUT2D eigenvalue weighted by molar-refractivity contribution is 6.00. The van der Waals surface area contributed by atoms with Crippen LogP contribution in [0.5, 0.6) is 5.75 Å². The maximum atomic E-state index is 11.7. The molecule has 1 atom stereocenters. The number of hydrogen-bond acceptors (Lipinski definition) is 5. The Kier molecular flexibility index (Phi) is 5.16. The van der Waals surface area contributed by atoms with Gasteiger partial charge in [-0.1, -0.05) is 6.07 Å². The third kappa shape index (κ3) is 2.86. The van der Waals surface area contributed by atoms with Crippen LogP contribution in [0.4, 0.5) is 5.69 Å². The Morgan fingerprint density at radius 3 is 2.59 bits per heavy atom. The van der Waals surface area contributed by atoms with Crippen LogP contribution in [-0.2, 0) is 4.74 Å². The van der Waals surface area contributed by atoms with Crippen molar-refractivity contribution >= 4 is 24.0 Å². The predicted octanol–water partition coefficient (Wildman–Crippen LogP) is 1.43. The topological polar surface area (TPSA) is 68.0 Å². The molecule has 1 fully saturated rings. The Bertz CT molecular complexity index is 547. The summed E-state index contributed by atoms with van der Waals surface area (Å²) in [5.41, 5.74) is 6.83. The molecule has 0 bridgehead atoms. The van der Waals surface area contributed by atoms with Crippen molar-refractivity contribution in [1.82, 2.24) is 4.90 Å². The number of anilines is 1. The van der Waals surface area contributed by atoms with Gasteiger partial charge in [-0.25, -0.2) is 4.90 Å². The van der Waals surface area contributed by atoms with E-state index in [9.17, 15) is 4.79 Å². The molecular formula is C15H22ClN3O3. The van der Waals surface area contributed by atoms with Gasteiger partial charge in [-0.2, -0.15) is 0 Å². The number of amides is 1. The molecule has 0 radical (unpaired) electrons. The minimum atomic E-state index is -0.427. The van der Waals surface area contributed by atoms with Crippen LogP contribution in [0.2, 0.25) is 0 Å². The van der Waals surface area contributed by atoms with E-state index in [1.807, 2.05) is 6.07 Å². The summed E-state index contributed by atoms with van der Waals surface area (Å²) in [4.78, 5) is 16.1. The summed E-state index contributed by atoms with van der Waals surface area (Å²) in [7, 11) is 0. The first kappa shape index (κ1) is 16.9. The van der Waals surface area contributed by atoms with Gasteiger partial charge in [-0.3, -0.25) is 4.79 Å². The average Bonchev–Trinajstić information content (AvgIpc) is 2.87. The molecule has 1 aromatic carbocycles. The van der Waals surface area contributed by atoms with Crippen LogP contribution in [0.1, 0.15) is 24.2 Å². The van der Waals surface area contributed by atoms with E-state index in [1.165, 1.54) is 0 Å². The number of halogens is 1. The number of rotatable bonds is 3. The number of benzene rings is 1. The number of nitrogens with two attached hydrogens (primary N) is 1. The van der Waals surface area contributed by atoms with Crippen LogP contribution in [0.15, 0.2) is 18.2 Å². The summed E-state index contributed by atoms with van der Waals surface area (Å²) in [6, 6.07) is 5.64. The second kappa shape index (κ2) is 6.73. The Balaban J connectivity index is 0.00000176. The minimum absolute atomic E-state index is 0. The number of carbonyl (C=O) groups excluding carboxylic acids is 1. The summed E-state index contributed by atoms with van der Waals surface area (Å²) >= 11 is 0. The second-order valence-electron chi connectivity index (χ2n) is 5.61. The lowest BCUT2D eigenvalue weighted by Crippen LogP contribution is -2.55. The van der Waals surface area contributed by atoms with Gasteiger partial charge in [0.25, 0.3) is 5.91 Å². The van der Waals surface area contributed by atoms with Crippen LogP contribution >= 0.6 is 12.4 Å². The lowest BCUT2D eigenvalue weighted by Gasteiger charge is -2.38. The Morgan fingerprint density at radius 1 is 1.32 bits per heavy atom. The fraction of sp³-hybridized carbons (Fsp3) is 0.533. The number of ether oxygens (including phenoxy) is 2. The summed E-state index contributed by atoms with van der Waals surface area (Å²) in [5, 5.41) is 0. The molecule has 2 heterocycles. The fourth-order valence-electron chi connectivity index (χ4n) is 2.93. The maximum absolute atomic E-state index is 11.7. The lowest BCUT2D eigenvalue weighted by molar-refractivity contribution is -0.0404. The number of nitrogens with zero attached hydrogens (tertiary/aromatic N) is 2. The van der Waals surface area contributed by atoms with E-state index >= 15 is 0 Å². The molecule has 1 amide bonds. The highest BCUT2D eigenvalue weighted by atomic mass is 35.5. The molecule has 0 saturated carbocycles. The Morgan fingerprint density at radius 2 is 2.00 bits per heavy atom. The summed E-state index contributed by atoms with van der Waals surface area (Å²) in [5.74, 6) is 0.292.